The fraction of sp³-hybridized carbons (Fsp3) is 0.600. The van der Waals surface area contributed by atoms with E-state index in [4.69, 9.17) is 0 Å². The first-order valence-electron chi connectivity index (χ1n) is 8.90. The van der Waals surface area contributed by atoms with Gasteiger partial charge in [0.1, 0.15) is 0 Å². The second kappa shape index (κ2) is 6.08. The number of carbonyl (C=O) groups is 2. The van der Waals surface area contributed by atoms with Gasteiger partial charge in [0.2, 0.25) is 0 Å². The van der Waals surface area contributed by atoms with E-state index in [1.165, 1.54) is 0 Å². The quantitative estimate of drug-likeness (QED) is 0.778. The topological polar surface area (TPSA) is 40.6 Å². The van der Waals surface area contributed by atoms with Crippen LogP contribution in [0.3, 0.4) is 0 Å². The van der Waals surface area contributed by atoms with Gasteiger partial charge in [-0.05, 0) is 62.3 Å². The first-order chi connectivity index (χ1) is 11.2. The van der Waals surface area contributed by atoms with E-state index in [0.717, 1.165) is 42.6 Å². The number of hydrogen-bond acceptors (Lipinski definition) is 4. The minimum Gasteiger partial charge on any atom is -0.294 e. The van der Waals surface area contributed by atoms with Crippen molar-refractivity contribution in [3.05, 3.63) is 34.4 Å². The molecule has 1 saturated heterocycles. The number of aryl methyl sites for hydroxylation is 1. The number of carbonyl (C=O) groups excluding carboxylic acids is 2. The van der Waals surface area contributed by atoms with Crippen LogP contribution in [0.25, 0.3) is 0 Å². The Bertz CT molecular complexity index is 683. The molecule has 1 fully saturated rings. The molecule has 0 aromatic heterocycles. The molecular weight excluding hydrogens is 300 g/mol. The van der Waals surface area contributed by atoms with Crippen LogP contribution in [-0.4, -0.2) is 40.7 Å². The number of benzene rings is 1. The van der Waals surface area contributed by atoms with Crippen molar-refractivity contribution in [3.8, 4) is 0 Å². The molecule has 4 heteroatoms. The third-order valence-electron chi connectivity index (χ3n) is 5.64. The Hall–Kier alpha value is -1.52. The van der Waals surface area contributed by atoms with E-state index in [2.05, 4.69) is 23.9 Å². The van der Waals surface area contributed by atoms with Crippen molar-refractivity contribution in [2.75, 3.05) is 13.1 Å². The Kier molecular flexibility index (Phi) is 4.39. The second-order valence-electron chi connectivity index (χ2n) is 8.15. The average molecular weight is 328 g/mol. The molecule has 4 nitrogen and oxygen atoms in total. The van der Waals surface area contributed by atoms with Gasteiger partial charge >= 0.3 is 0 Å². The predicted octanol–water partition coefficient (Wildman–Crippen LogP) is 3.62. The van der Waals surface area contributed by atoms with Crippen LogP contribution in [0.15, 0.2) is 12.1 Å². The molecule has 1 aromatic carbocycles. The number of Topliss-reactive ketones (excluding diaryl/α,β-unsaturated/α-hetero) is 2. The zero-order chi connectivity index (χ0) is 17.6. The Morgan fingerprint density at radius 3 is 2.42 bits per heavy atom. The van der Waals surface area contributed by atoms with Crippen LogP contribution in [0.2, 0.25) is 0 Å². The normalized spacial score (nSPS) is 24.7. The summed E-state index contributed by atoms with van der Waals surface area (Å²) in [5.41, 5.74) is 3.70. The molecule has 24 heavy (non-hydrogen) atoms. The van der Waals surface area contributed by atoms with Crippen LogP contribution < -0.4 is 0 Å². The molecule has 2 aliphatic rings. The Labute approximate surface area is 144 Å². The summed E-state index contributed by atoms with van der Waals surface area (Å²) in [6.07, 6.45) is 2.26. The van der Waals surface area contributed by atoms with Gasteiger partial charge in [0.05, 0.1) is 6.04 Å². The van der Waals surface area contributed by atoms with Crippen LogP contribution in [0.5, 0.6) is 0 Å². The summed E-state index contributed by atoms with van der Waals surface area (Å²) >= 11 is 0. The van der Waals surface area contributed by atoms with Gasteiger partial charge < -0.3 is 0 Å². The molecule has 0 saturated carbocycles. The molecule has 3 rings (SSSR count). The van der Waals surface area contributed by atoms with Crippen LogP contribution in [0, 0.1) is 12.3 Å². The summed E-state index contributed by atoms with van der Waals surface area (Å²) in [5, 5.41) is 4.50. The van der Waals surface area contributed by atoms with Gasteiger partial charge in [0.15, 0.2) is 11.6 Å². The van der Waals surface area contributed by atoms with Gasteiger partial charge in [0.25, 0.3) is 0 Å². The molecule has 0 N–H and O–H groups in total. The lowest BCUT2D eigenvalue weighted by Gasteiger charge is -2.46. The molecule has 0 bridgehead atoms. The lowest BCUT2D eigenvalue weighted by molar-refractivity contribution is -0.0870. The highest BCUT2D eigenvalue weighted by molar-refractivity contribution is 6.06. The zero-order valence-electron chi connectivity index (χ0n) is 15.5. The molecule has 1 atom stereocenters. The lowest BCUT2D eigenvalue weighted by atomic mass is 9.83. The average Bonchev–Trinajstić information content (AvgIpc) is 2.51. The first kappa shape index (κ1) is 17.3. The van der Waals surface area contributed by atoms with Gasteiger partial charge in [-0.2, -0.15) is 0 Å². The number of piperidine rings is 1. The van der Waals surface area contributed by atoms with Gasteiger partial charge in [-0.1, -0.05) is 13.8 Å². The Morgan fingerprint density at radius 1 is 1.21 bits per heavy atom. The van der Waals surface area contributed by atoms with E-state index in [1.54, 1.807) is 6.92 Å². The van der Waals surface area contributed by atoms with E-state index in [9.17, 15) is 9.59 Å². The Morgan fingerprint density at radius 2 is 1.83 bits per heavy atom. The lowest BCUT2D eigenvalue weighted by Crippen LogP contribution is -2.56. The van der Waals surface area contributed by atoms with Crippen LogP contribution in [-0.2, 0) is 6.54 Å². The van der Waals surface area contributed by atoms with Gasteiger partial charge in [-0.15, -0.1) is 0 Å². The highest BCUT2D eigenvalue weighted by Gasteiger charge is 2.37. The maximum atomic E-state index is 12.9. The van der Waals surface area contributed by atoms with Crippen molar-refractivity contribution in [2.45, 2.75) is 60.0 Å². The maximum Gasteiger partial charge on any atom is 0.181 e. The number of hydrazine groups is 1. The molecule has 0 amide bonds. The van der Waals surface area contributed by atoms with Crippen LogP contribution in [0.1, 0.15) is 72.4 Å². The molecule has 2 heterocycles. The minimum atomic E-state index is -0.166. The van der Waals surface area contributed by atoms with E-state index < -0.39 is 0 Å². The Balaban J connectivity index is 1.95. The number of hydrogen-bond donors (Lipinski definition) is 0. The highest BCUT2D eigenvalue weighted by Crippen LogP contribution is 2.34. The minimum absolute atomic E-state index is 0.0389. The van der Waals surface area contributed by atoms with Gasteiger partial charge in [-0.3, -0.25) is 9.59 Å². The molecular formula is C20H28N2O2. The largest absolute Gasteiger partial charge is 0.294 e. The zero-order valence-corrected chi connectivity index (χ0v) is 15.5. The molecule has 1 unspecified atom stereocenters. The number of fused-ring (bicyclic) bond motifs is 1. The van der Waals surface area contributed by atoms with Crippen molar-refractivity contribution < 1.29 is 9.59 Å². The third kappa shape index (κ3) is 3.05. The van der Waals surface area contributed by atoms with E-state index >= 15 is 0 Å². The van der Waals surface area contributed by atoms with Crippen LogP contribution in [0.4, 0.5) is 0 Å². The van der Waals surface area contributed by atoms with E-state index in [-0.39, 0.29) is 17.6 Å². The summed E-state index contributed by atoms with van der Waals surface area (Å²) in [4.78, 5) is 25.0. The molecule has 0 spiro atoms. The first-order valence-corrected chi connectivity index (χ1v) is 8.90. The summed E-state index contributed by atoms with van der Waals surface area (Å²) < 4.78 is 0. The molecule has 2 aliphatic heterocycles. The fourth-order valence-corrected chi connectivity index (χ4v) is 3.88. The van der Waals surface area contributed by atoms with Crippen molar-refractivity contribution in [1.29, 1.82) is 0 Å². The fourth-order valence-electron chi connectivity index (χ4n) is 3.88. The smallest absolute Gasteiger partial charge is 0.181 e. The molecule has 0 radical (unpaired) electrons. The summed E-state index contributed by atoms with van der Waals surface area (Å²) in [7, 11) is 0. The van der Waals surface area contributed by atoms with Crippen molar-refractivity contribution in [1.82, 2.24) is 10.0 Å². The molecule has 0 aliphatic carbocycles. The SMILES string of the molecule is CC(=O)c1cc(C)cc2c1CN(N1CCC(C)(C)CC1)C(C)C2=O. The predicted molar refractivity (Wildman–Crippen MR) is 95.1 cm³/mol. The van der Waals surface area contributed by atoms with Crippen molar-refractivity contribution in [2.24, 2.45) is 5.41 Å². The second-order valence-corrected chi connectivity index (χ2v) is 8.15. The third-order valence-corrected chi connectivity index (χ3v) is 5.64. The number of nitrogens with zero attached hydrogens (tertiary/aromatic N) is 2. The van der Waals surface area contributed by atoms with E-state index in [0.29, 0.717) is 17.5 Å². The van der Waals surface area contributed by atoms with Gasteiger partial charge in [0, 0.05) is 30.8 Å². The standard InChI is InChI=1S/C20H28N2O2/c1-13-10-16(15(3)23)18-12-22(14(2)19(24)17(18)11-13)21-8-6-20(4,5)7-9-21/h10-11,14H,6-9,12H2,1-5H3. The monoisotopic (exact) mass is 328 g/mol. The number of ketones is 2. The van der Waals surface area contributed by atoms with Crippen LogP contribution >= 0.6 is 0 Å². The molecule has 130 valence electrons. The van der Waals surface area contributed by atoms with Crippen molar-refractivity contribution in [3.63, 3.8) is 0 Å². The highest BCUT2D eigenvalue weighted by atomic mass is 16.1. The maximum absolute atomic E-state index is 12.9. The van der Waals surface area contributed by atoms with Crippen molar-refractivity contribution >= 4 is 11.6 Å². The number of rotatable bonds is 2. The summed E-state index contributed by atoms with van der Waals surface area (Å²) in [5.74, 6) is 0.171. The summed E-state index contributed by atoms with van der Waals surface area (Å²) in [6.45, 7) is 12.7. The molecule has 1 aromatic rings. The van der Waals surface area contributed by atoms with Gasteiger partial charge in [-0.25, -0.2) is 10.0 Å². The summed E-state index contributed by atoms with van der Waals surface area (Å²) in [6, 6.07) is 3.69. The van der Waals surface area contributed by atoms with E-state index in [1.807, 2.05) is 26.0 Å².